The van der Waals surface area contributed by atoms with E-state index in [1.807, 2.05) is 19.1 Å². The molecule has 1 aromatic carbocycles. The molecule has 0 aromatic heterocycles. The molecule has 1 saturated carbocycles. The molecule has 0 bridgehead atoms. The number of ether oxygens (including phenoxy) is 1. The van der Waals surface area contributed by atoms with E-state index >= 15 is 0 Å². The minimum absolute atomic E-state index is 0.0778. The van der Waals surface area contributed by atoms with E-state index < -0.39 is 0 Å². The van der Waals surface area contributed by atoms with E-state index in [0.29, 0.717) is 11.4 Å². The molecule has 5 nitrogen and oxygen atoms in total. The molecule has 5 heteroatoms. The van der Waals surface area contributed by atoms with Gasteiger partial charge in [0.1, 0.15) is 6.61 Å². The fourth-order valence-corrected chi connectivity index (χ4v) is 2.71. The standard InChI is InChI=1S/C17H24N2O3/c1-12-15(18-13(2)20)9-6-10-16(12)19-17(21)11-22-14-7-4-3-5-8-14/h6,9-10,14H,3-5,7-8,11H2,1-2H3,(H,18,20)(H,19,21). The monoisotopic (exact) mass is 304 g/mol. The van der Waals surface area contributed by atoms with Gasteiger partial charge in [0.2, 0.25) is 11.8 Å². The Morgan fingerprint density at radius 2 is 1.77 bits per heavy atom. The number of hydrogen-bond acceptors (Lipinski definition) is 3. The maximum absolute atomic E-state index is 12.0. The molecule has 0 aliphatic heterocycles. The first-order valence-corrected chi connectivity index (χ1v) is 7.85. The number of amides is 2. The van der Waals surface area contributed by atoms with Gasteiger partial charge in [-0.3, -0.25) is 9.59 Å². The highest BCUT2D eigenvalue weighted by molar-refractivity contribution is 5.95. The van der Waals surface area contributed by atoms with Crippen molar-refractivity contribution in [2.24, 2.45) is 0 Å². The highest BCUT2D eigenvalue weighted by Gasteiger charge is 2.15. The molecule has 0 spiro atoms. The van der Waals surface area contributed by atoms with Gasteiger partial charge in [-0.15, -0.1) is 0 Å². The lowest BCUT2D eigenvalue weighted by Gasteiger charge is -2.21. The summed E-state index contributed by atoms with van der Waals surface area (Å²) in [5.74, 6) is -0.291. The van der Waals surface area contributed by atoms with Gasteiger partial charge in [-0.05, 0) is 37.5 Å². The van der Waals surface area contributed by atoms with Gasteiger partial charge in [-0.25, -0.2) is 0 Å². The lowest BCUT2D eigenvalue weighted by molar-refractivity contribution is -0.123. The van der Waals surface area contributed by atoms with E-state index in [0.717, 1.165) is 18.4 Å². The molecule has 2 N–H and O–H groups in total. The van der Waals surface area contributed by atoms with Gasteiger partial charge in [0, 0.05) is 18.3 Å². The predicted molar refractivity (Wildman–Crippen MR) is 86.9 cm³/mol. The molecular weight excluding hydrogens is 280 g/mol. The van der Waals surface area contributed by atoms with Crippen molar-refractivity contribution in [1.82, 2.24) is 0 Å². The van der Waals surface area contributed by atoms with Crippen LogP contribution in [-0.2, 0) is 14.3 Å². The Kier molecular flexibility index (Phi) is 5.95. The molecule has 1 aliphatic carbocycles. The summed E-state index contributed by atoms with van der Waals surface area (Å²) < 4.78 is 5.67. The van der Waals surface area contributed by atoms with Gasteiger partial charge in [0.15, 0.2) is 0 Å². The molecule has 1 aliphatic rings. The van der Waals surface area contributed by atoms with Gasteiger partial charge in [0.25, 0.3) is 0 Å². The highest BCUT2D eigenvalue weighted by atomic mass is 16.5. The Hall–Kier alpha value is -1.88. The normalized spacial score (nSPS) is 15.4. The molecule has 120 valence electrons. The molecule has 0 unspecified atom stereocenters. The van der Waals surface area contributed by atoms with Crippen LogP contribution in [0.1, 0.15) is 44.6 Å². The average Bonchev–Trinajstić information content (AvgIpc) is 2.50. The van der Waals surface area contributed by atoms with Crippen LogP contribution in [0.5, 0.6) is 0 Å². The average molecular weight is 304 g/mol. The number of carbonyl (C=O) groups excluding carboxylic acids is 2. The quantitative estimate of drug-likeness (QED) is 0.877. The van der Waals surface area contributed by atoms with Gasteiger partial charge in [0.05, 0.1) is 6.10 Å². The Morgan fingerprint density at radius 3 is 2.41 bits per heavy atom. The van der Waals surface area contributed by atoms with Crippen LogP contribution in [0.25, 0.3) is 0 Å². The van der Waals surface area contributed by atoms with E-state index in [1.54, 1.807) is 6.07 Å². The second kappa shape index (κ2) is 7.94. The van der Waals surface area contributed by atoms with Crippen molar-refractivity contribution >= 4 is 23.2 Å². The van der Waals surface area contributed by atoms with Gasteiger partial charge >= 0.3 is 0 Å². The SMILES string of the molecule is CC(=O)Nc1cccc(NC(=O)COC2CCCCC2)c1C. The summed E-state index contributed by atoms with van der Waals surface area (Å²) in [7, 11) is 0. The van der Waals surface area contributed by atoms with E-state index in [1.165, 1.54) is 26.2 Å². The Balaban J connectivity index is 1.89. The third-order valence-electron chi connectivity index (χ3n) is 3.92. The van der Waals surface area contributed by atoms with Crippen LogP contribution in [-0.4, -0.2) is 24.5 Å². The van der Waals surface area contributed by atoms with Crippen molar-refractivity contribution in [3.05, 3.63) is 23.8 Å². The molecule has 1 fully saturated rings. The number of hydrogen-bond donors (Lipinski definition) is 2. The van der Waals surface area contributed by atoms with Gasteiger partial charge in [-0.1, -0.05) is 25.3 Å². The predicted octanol–water partition coefficient (Wildman–Crippen LogP) is 3.24. The number of carbonyl (C=O) groups is 2. The zero-order valence-electron chi connectivity index (χ0n) is 13.3. The van der Waals surface area contributed by atoms with Gasteiger partial charge in [-0.2, -0.15) is 0 Å². The molecule has 1 aromatic rings. The summed E-state index contributed by atoms with van der Waals surface area (Å²) >= 11 is 0. The molecule has 0 saturated heterocycles. The zero-order valence-corrected chi connectivity index (χ0v) is 13.3. The van der Waals surface area contributed by atoms with Crippen LogP contribution in [0.4, 0.5) is 11.4 Å². The minimum atomic E-state index is -0.159. The van der Waals surface area contributed by atoms with Crippen molar-refractivity contribution in [1.29, 1.82) is 0 Å². The zero-order chi connectivity index (χ0) is 15.9. The number of nitrogens with one attached hydrogen (secondary N) is 2. The maximum atomic E-state index is 12.0. The first-order valence-electron chi connectivity index (χ1n) is 7.85. The molecule has 0 atom stereocenters. The van der Waals surface area contributed by atoms with Crippen LogP contribution in [0.3, 0.4) is 0 Å². The third kappa shape index (κ3) is 4.84. The fraction of sp³-hybridized carbons (Fsp3) is 0.529. The second-order valence-corrected chi connectivity index (χ2v) is 5.78. The molecule has 0 heterocycles. The lowest BCUT2D eigenvalue weighted by atomic mass is 9.98. The molecular formula is C17H24N2O3. The van der Waals surface area contributed by atoms with Crippen LogP contribution in [0.15, 0.2) is 18.2 Å². The fourth-order valence-electron chi connectivity index (χ4n) is 2.71. The van der Waals surface area contributed by atoms with E-state index in [2.05, 4.69) is 10.6 Å². The van der Waals surface area contributed by atoms with Crippen molar-refractivity contribution in [2.75, 3.05) is 17.2 Å². The highest BCUT2D eigenvalue weighted by Crippen LogP contribution is 2.24. The van der Waals surface area contributed by atoms with Crippen molar-refractivity contribution in [3.8, 4) is 0 Å². The van der Waals surface area contributed by atoms with Crippen molar-refractivity contribution < 1.29 is 14.3 Å². The van der Waals surface area contributed by atoms with Crippen LogP contribution in [0, 0.1) is 6.92 Å². The maximum Gasteiger partial charge on any atom is 0.250 e. The molecule has 0 radical (unpaired) electrons. The van der Waals surface area contributed by atoms with Crippen LogP contribution >= 0.6 is 0 Å². The smallest absolute Gasteiger partial charge is 0.250 e. The largest absolute Gasteiger partial charge is 0.368 e. The van der Waals surface area contributed by atoms with E-state index in [-0.39, 0.29) is 24.5 Å². The minimum Gasteiger partial charge on any atom is -0.368 e. The van der Waals surface area contributed by atoms with Crippen LogP contribution < -0.4 is 10.6 Å². The molecule has 22 heavy (non-hydrogen) atoms. The first kappa shape index (κ1) is 16.5. The third-order valence-corrected chi connectivity index (χ3v) is 3.92. The summed E-state index contributed by atoms with van der Waals surface area (Å²) in [6.07, 6.45) is 5.94. The van der Waals surface area contributed by atoms with Crippen molar-refractivity contribution in [2.45, 2.75) is 52.1 Å². The second-order valence-electron chi connectivity index (χ2n) is 5.78. The summed E-state index contributed by atoms with van der Waals surface area (Å²) in [6.45, 7) is 3.40. The number of anilines is 2. The topological polar surface area (TPSA) is 67.4 Å². The van der Waals surface area contributed by atoms with E-state index in [9.17, 15) is 9.59 Å². The summed E-state index contributed by atoms with van der Waals surface area (Å²) in [5, 5.41) is 5.60. The number of rotatable bonds is 5. The summed E-state index contributed by atoms with van der Waals surface area (Å²) in [6, 6.07) is 5.43. The van der Waals surface area contributed by atoms with Crippen LogP contribution in [0.2, 0.25) is 0 Å². The van der Waals surface area contributed by atoms with Gasteiger partial charge < -0.3 is 15.4 Å². The first-order chi connectivity index (χ1) is 10.6. The summed E-state index contributed by atoms with van der Waals surface area (Å²) in [4.78, 5) is 23.2. The van der Waals surface area contributed by atoms with E-state index in [4.69, 9.17) is 4.74 Å². The Morgan fingerprint density at radius 1 is 1.14 bits per heavy atom. The van der Waals surface area contributed by atoms with Crippen molar-refractivity contribution in [3.63, 3.8) is 0 Å². The molecule has 2 rings (SSSR count). The summed E-state index contributed by atoms with van der Waals surface area (Å²) in [5.41, 5.74) is 2.24. The number of benzene rings is 1. The molecule has 2 amide bonds. The Labute approximate surface area is 131 Å². The lowest BCUT2D eigenvalue weighted by Crippen LogP contribution is -2.25. The Bertz CT molecular complexity index is 537.